The van der Waals surface area contributed by atoms with Crippen molar-refractivity contribution in [3.05, 3.63) is 78.6 Å². The van der Waals surface area contributed by atoms with Gasteiger partial charge < -0.3 is 5.32 Å². The Morgan fingerprint density at radius 2 is 1.81 bits per heavy atom. The molecule has 0 spiro atoms. The average molecular weight is 360 g/mol. The van der Waals surface area contributed by atoms with E-state index in [0.717, 1.165) is 43.9 Å². The van der Waals surface area contributed by atoms with Crippen LogP contribution in [0, 0.1) is 5.92 Å². The minimum Gasteiger partial charge on any atom is -0.326 e. The molecule has 1 unspecified atom stereocenters. The number of rotatable bonds is 5. The molecule has 2 aromatic carbocycles. The molecular formula is C22H24N4O. The van der Waals surface area contributed by atoms with Gasteiger partial charge in [0, 0.05) is 30.5 Å². The van der Waals surface area contributed by atoms with E-state index in [1.54, 1.807) is 0 Å². The topological polar surface area (TPSA) is 50.2 Å². The van der Waals surface area contributed by atoms with Gasteiger partial charge in [-0.25, -0.2) is 4.68 Å². The molecule has 2 heterocycles. The van der Waals surface area contributed by atoms with E-state index in [4.69, 9.17) is 0 Å². The van der Waals surface area contributed by atoms with Crippen LogP contribution in [-0.4, -0.2) is 33.7 Å². The summed E-state index contributed by atoms with van der Waals surface area (Å²) in [4.78, 5) is 15.0. The van der Waals surface area contributed by atoms with Gasteiger partial charge in [-0.2, -0.15) is 5.10 Å². The first-order valence-corrected chi connectivity index (χ1v) is 9.45. The number of nitrogens with zero attached hydrogens (tertiary/aromatic N) is 3. The molecule has 5 heteroatoms. The minimum atomic E-state index is 0.0307. The maximum absolute atomic E-state index is 12.6. The summed E-state index contributed by atoms with van der Waals surface area (Å²) in [6.07, 6.45) is 5.97. The van der Waals surface area contributed by atoms with Crippen molar-refractivity contribution in [1.82, 2.24) is 14.7 Å². The van der Waals surface area contributed by atoms with Crippen LogP contribution in [0.2, 0.25) is 0 Å². The molecule has 1 N–H and O–H groups in total. The zero-order valence-corrected chi connectivity index (χ0v) is 15.3. The molecule has 0 aliphatic carbocycles. The summed E-state index contributed by atoms with van der Waals surface area (Å²) < 4.78 is 1.90. The third kappa shape index (κ3) is 4.44. The molecule has 1 amide bonds. The minimum absolute atomic E-state index is 0.0307. The third-order valence-corrected chi connectivity index (χ3v) is 4.98. The standard InChI is InChI=1S/C22H24N4O/c27-22(24-20-9-3-1-4-10-20)19-8-7-13-25(17-19)15-18-14-23-26(16-18)21-11-5-2-6-12-21/h1-6,9-12,14,16,19H,7-8,13,15,17H2,(H,24,27). The number of carbonyl (C=O) groups is 1. The quantitative estimate of drug-likeness (QED) is 0.754. The molecule has 4 rings (SSSR count). The van der Waals surface area contributed by atoms with Gasteiger partial charge in [0.1, 0.15) is 0 Å². The highest BCUT2D eigenvalue weighted by molar-refractivity contribution is 5.92. The molecule has 27 heavy (non-hydrogen) atoms. The summed E-state index contributed by atoms with van der Waals surface area (Å²) in [5.41, 5.74) is 3.09. The van der Waals surface area contributed by atoms with Crippen LogP contribution in [0.4, 0.5) is 5.69 Å². The van der Waals surface area contributed by atoms with E-state index in [2.05, 4.69) is 21.5 Å². The van der Waals surface area contributed by atoms with Gasteiger partial charge in [-0.05, 0) is 43.7 Å². The van der Waals surface area contributed by atoms with Crippen LogP contribution < -0.4 is 5.32 Å². The van der Waals surface area contributed by atoms with E-state index in [0.29, 0.717) is 0 Å². The van der Waals surface area contributed by atoms with Gasteiger partial charge in [-0.15, -0.1) is 0 Å². The van der Waals surface area contributed by atoms with Crippen LogP contribution >= 0.6 is 0 Å². The fourth-order valence-corrected chi connectivity index (χ4v) is 3.60. The van der Waals surface area contributed by atoms with Gasteiger partial charge in [0.2, 0.25) is 5.91 Å². The fourth-order valence-electron chi connectivity index (χ4n) is 3.60. The van der Waals surface area contributed by atoms with E-state index in [9.17, 15) is 4.79 Å². The SMILES string of the molecule is O=C(Nc1ccccc1)C1CCCN(Cc2cnn(-c3ccccc3)c2)C1. The van der Waals surface area contributed by atoms with Crippen molar-refractivity contribution >= 4 is 11.6 Å². The van der Waals surface area contributed by atoms with Gasteiger partial charge in [-0.3, -0.25) is 9.69 Å². The normalized spacial score (nSPS) is 17.6. The van der Waals surface area contributed by atoms with Gasteiger partial charge in [-0.1, -0.05) is 36.4 Å². The number of aromatic nitrogens is 2. The molecule has 1 saturated heterocycles. The Bertz CT molecular complexity index is 876. The first kappa shape index (κ1) is 17.5. The summed E-state index contributed by atoms with van der Waals surface area (Å²) in [5.74, 6) is 0.147. The Balaban J connectivity index is 1.36. The Morgan fingerprint density at radius 1 is 1.07 bits per heavy atom. The number of para-hydroxylation sites is 2. The first-order valence-electron chi connectivity index (χ1n) is 9.45. The zero-order chi connectivity index (χ0) is 18.5. The van der Waals surface area contributed by atoms with E-state index in [-0.39, 0.29) is 11.8 Å². The van der Waals surface area contributed by atoms with Crippen LogP contribution in [0.5, 0.6) is 0 Å². The van der Waals surface area contributed by atoms with Gasteiger partial charge in [0.15, 0.2) is 0 Å². The summed E-state index contributed by atoms with van der Waals surface area (Å²) in [5, 5.41) is 7.51. The van der Waals surface area contributed by atoms with Crippen molar-refractivity contribution in [2.45, 2.75) is 19.4 Å². The lowest BCUT2D eigenvalue weighted by Gasteiger charge is -2.31. The van der Waals surface area contributed by atoms with Crippen molar-refractivity contribution < 1.29 is 4.79 Å². The molecule has 0 radical (unpaired) electrons. The number of hydrogen-bond acceptors (Lipinski definition) is 3. The lowest BCUT2D eigenvalue weighted by Crippen LogP contribution is -2.40. The van der Waals surface area contributed by atoms with Crippen LogP contribution in [-0.2, 0) is 11.3 Å². The smallest absolute Gasteiger partial charge is 0.228 e. The molecule has 1 fully saturated rings. The third-order valence-electron chi connectivity index (χ3n) is 4.98. The number of piperidine rings is 1. The van der Waals surface area contributed by atoms with E-state index < -0.39 is 0 Å². The molecule has 3 aromatic rings. The number of carbonyl (C=O) groups excluding carboxylic acids is 1. The molecule has 1 aromatic heterocycles. The second kappa shape index (κ2) is 8.18. The fraction of sp³-hybridized carbons (Fsp3) is 0.273. The number of nitrogens with one attached hydrogen (secondary N) is 1. The maximum Gasteiger partial charge on any atom is 0.228 e. The highest BCUT2D eigenvalue weighted by Crippen LogP contribution is 2.21. The second-order valence-electron chi connectivity index (χ2n) is 7.06. The summed E-state index contributed by atoms with van der Waals surface area (Å²) >= 11 is 0. The van der Waals surface area contributed by atoms with Crippen molar-refractivity contribution in [3.63, 3.8) is 0 Å². The second-order valence-corrected chi connectivity index (χ2v) is 7.06. The van der Waals surface area contributed by atoms with Crippen molar-refractivity contribution in [3.8, 4) is 5.69 Å². The van der Waals surface area contributed by atoms with Crippen molar-refractivity contribution in [1.29, 1.82) is 0 Å². The number of amides is 1. The summed E-state index contributed by atoms with van der Waals surface area (Å²) in [6, 6.07) is 19.8. The Kier molecular flexibility index (Phi) is 5.30. The summed E-state index contributed by atoms with van der Waals surface area (Å²) in [6.45, 7) is 2.63. The highest BCUT2D eigenvalue weighted by atomic mass is 16.1. The Labute approximate surface area is 159 Å². The monoisotopic (exact) mass is 360 g/mol. The molecule has 5 nitrogen and oxygen atoms in total. The molecular weight excluding hydrogens is 336 g/mol. The van der Waals surface area contributed by atoms with Gasteiger partial charge >= 0.3 is 0 Å². The van der Waals surface area contributed by atoms with E-state index in [1.807, 2.05) is 71.5 Å². The lowest BCUT2D eigenvalue weighted by molar-refractivity contribution is -0.121. The molecule has 1 aliphatic heterocycles. The number of likely N-dealkylation sites (tertiary alicyclic amines) is 1. The van der Waals surface area contributed by atoms with Crippen LogP contribution in [0.3, 0.4) is 0 Å². The van der Waals surface area contributed by atoms with Crippen molar-refractivity contribution in [2.75, 3.05) is 18.4 Å². The number of anilines is 1. The maximum atomic E-state index is 12.6. The van der Waals surface area contributed by atoms with Gasteiger partial charge in [0.05, 0.1) is 17.8 Å². The first-order chi connectivity index (χ1) is 13.3. The zero-order valence-electron chi connectivity index (χ0n) is 15.3. The predicted octanol–water partition coefficient (Wildman–Crippen LogP) is 3.72. The lowest BCUT2D eigenvalue weighted by atomic mass is 9.96. The molecule has 0 saturated carbocycles. The largest absolute Gasteiger partial charge is 0.326 e. The Morgan fingerprint density at radius 3 is 2.59 bits per heavy atom. The number of benzene rings is 2. The highest BCUT2D eigenvalue weighted by Gasteiger charge is 2.26. The van der Waals surface area contributed by atoms with E-state index >= 15 is 0 Å². The number of hydrogen-bond donors (Lipinski definition) is 1. The van der Waals surface area contributed by atoms with Crippen LogP contribution in [0.15, 0.2) is 73.1 Å². The molecule has 138 valence electrons. The van der Waals surface area contributed by atoms with E-state index in [1.165, 1.54) is 5.56 Å². The van der Waals surface area contributed by atoms with Crippen LogP contribution in [0.1, 0.15) is 18.4 Å². The summed E-state index contributed by atoms with van der Waals surface area (Å²) in [7, 11) is 0. The van der Waals surface area contributed by atoms with Crippen molar-refractivity contribution in [2.24, 2.45) is 5.92 Å². The molecule has 1 atom stereocenters. The molecule has 0 bridgehead atoms. The van der Waals surface area contributed by atoms with Gasteiger partial charge in [0.25, 0.3) is 0 Å². The predicted molar refractivity (Wildman–Crippen MR) is 107 cm³/mol. The molecule has 1 aliphatic rings. The van der Waals surface area contributed by atoms with Crippen LogP contribution in [0.25, 0.3) is 5.69 Å². The Hall–Kier alpha value is -2.92. The average Bonchev–Trinajstić information content (AvgIpc) is 3.18.